The fraction of sp³-hybridized carbons (Fsp3) is 0.412. The van der Waals surface area contributed by atoms with Crippen molar-refractivity contribution in [1.82, 2.24) is 9.88 Å². The van der Waals surface area contributed by atoms with Crippen molar-refractivity contribution >= 4 is 17.0 Å². The molecule has 1 amide bonds. The number of hydrogen-bond donors (Lipinski definition) is 1. The summed E-state index contributed by atoms with van der Waals surface area (Å²) in [5.74, 6) is 0.431. The Kier molecular flexibility index (Phi) is 3.43. The lowest BCUT2D eigenvalue weighted by molar-refractivity contribution is 0.00790. The number of rotatable bonds is 1. The third-order valence-corrected chi connectivity index (χ3v) is 3.65. The van der Waals surface area contributed by atoms with Crippen molar-refractivity contribution in [2.75, 3.05) is 13.1 Å². The summed E-state index contributed by atoms with van der Waals surface area (Å²) < 4.78 is 5.35. The lowest BCUT2D eigenvalue weighted by Crippen LogP contribution is -2.50. The molecule has 22 heavy (non-hydrogen) atoms. The molecular weight excluding hydrogens is 280 g/mol. The van der Waals surface area contributed by atoms with Crippen LogP contribution in [0.5, 0.6) is 5.75 Å². The molecule has 0 unspecified atom stereocenters. The largest absolute Gasteiger partial charge is 0.508 e. The molecule has 5 heteroatoms. The van der Waals surface area contributed by atoms with Gasteiger partial charge in [0.1, 0.15) is 11.4 Å². The van der Waals surface area contributed by atoms with Gasteiger partial charge in [0.15, 0.2) is 0 Å². The summed E-state index contributed by atoms with van der Waals surface area (Å²) >= 11 is 0. The highest BCUT2D eigenvalue weighted by Gasteiger charge is 2.35. The standard InChI is InChI=1S/C17H20N2O3/c1-17(2,3)22-16(21)19-9-12(10-19)14-7-5-11-4-6-13(20)8-15(11)18-14/h4-8,12,20H,9-10H2,1-3H3. The Labute approximate surface area is 129 Å². The zero-order chi connectivity index (χ0) is 15.9. The molecule has 1 saturated heterocycles. The van der Waals surface area contributed by atoms with Crippen LogP contribution in [0.3, 0.4) is 0 Å². The van der Waals surface area contributed by atoms with E-state index in [2.05, 4.69) is 4.98 Å². The van der Waals surface area contributed by atoms with Crippen LogP contribution in [0.15, 0.2) is 30.3 Å². The first kappa shape index (κ1) is 14.6. The SMILES string of the molecule is CC(C)(C)OC(=O)N1CC(c2ccc3ccc(O)cc3n2)C1. The molecule has 5 nitrogen and oxygen atoms in total. The predicted molar refractivity (Wildman–Crippen MR) is 84.0 cm³/mol. The molecule has 0 aliphatic carbocycles. The van der Waals surface area contributed by atoms with E-state index < -0.39 is 5.60 Å². The Bertz CT molecular complexity index is 715. The molecule has 1 fully saturated rings. The van der Waals surface area contributed by atoms with Gasteiger partial charge in [0.05, 0.1) is 5.52 Å². The van der Waals surface area contributed by atoms with Crippen molar-refractivity contribution in [3.8, 4) is 5.75 Å². The second-order valence-electron chi connectivity index (χ2n) is 6.70. The normalized spacial score (nSPS) is 15.7. The van der Waals surface area contributed by atoms with Gasteiger partial charge >= 0.3 is 6.09 Å². The molecule has 0 spiro atoms. The van der Waals surface area contributed by atoms with Gasteiger partial charge in [-0.15, -0.1) is 0 Å². The minimum absolute atomic E-state index is 0.209. The molecule has 2 aromatic rings. The van der Waals surface area contributed by atoms with Crippen LogP contribution in [0.25, 0.3) is 10.9 Å². The van der Waals surface area contributed by atoms with Crippen LogP contribution < -0.4 is 0 Å². The maximum Gasteiger partial charge on any atom is 0.410 e. The number of carbonyl (C=O) groups is 1. The van der Waals surface area contributed by atoms with Gasteiger partial charge in [-0.05, 0) is 39.0 Å². The van der Waals surface area contributed by atoms with Crippen LogP contribution >= 0.6 is 0 Å². The zero-order valence-electron chi connectivity index (χ0n) is 13.0. The smallest absolute Gasteiger partial charge is 0.410 e. The van der Waals surface area contributed by atoms with Crippen molar-refractivity contribution < 1.29 is 14.6 Å². The number of benzene rings is 1. The van der Waals surface area contributed by atoms with Gasteiger partial charge < -0.3 is 14.7 Å². The average Bonchev–Trinajstić information content (AvgIpc) is 2.34. The van der Waals surface area contributed by atoms with E-state index in [4.69, 9.17) is 4.74 Å². The van der Waals surface area contributed by atoms with E-state index in [9.17, 15) is 9.90 Å². The summed E-state index contributed by atoms with van der Waals surface area (Å²) in [6, 6.07) is 9.12. The van der Waals surface area contributed by atoms with Crippen molar-refractivity contribution in [2.45, 2.75) is 32.3 Å². The number of likely N-dealkylation sites (tertiary alicyclic amines) is 1. The van der Waals surface area contributed by atoms with E-state index in [0.717, 1.165) is 16.6 Å². The van der Waals surface area contributed by atoms with Gasteiger partial charge in [-0.2, -0.15) is 0 Å². The Morgan fingerprint density at radius 2 is 1.95 bits per heavy atom. The molecule has 0 radical (unpaired) electrons. The molecule has 0 atom stereocenters. The van der Waals surface area contributed by atoms with E-state index in [1.54, 1.807) is 17.0 Å². The molecule has 1 aromatic heterocycles. The van der Waals surface area contributed by atoms with E-state index >= 15 is 0 Å². The Morgan fingerprint density at radius 1 is 1.27 bits per heavy atom. The van der Waals surface area contributed by atoms with Crippen molar-refractivity contribution in [1.29, 1.82) is 0 Å². The number of hydrogen-bond acceptors (Lipinski definition) is 4. The van der Waals surface area contributed by atoms with Crippen LogP contribution in [-0.4, -0.2) is 39.8 Å². The minimum atomic E-state index is -0.471. The lowest BCUT2D eigenvalue weighted by Gasteiger charge is -2.39. The number of aromatic nitrogens is 1. The topological polar surface area (TPSA) is 62.7 Å². The van der Waals surface area contributed by atoms with Crippen molar-refractivity contribution in [3.05, 3.63) is 36.0 Å². The first-order valence-corrected chi connectivity index (χ1v) is 7.39. The Balaban J connectivity index is 1.69. The van der Waals surface area contributed by atoms with Gasteiger partial charge in [-0.25, -0.2) is 4.79 Å². The fourth-order valence-corrected chi connectivity index (χ4v) is 2.49. The molecule has 3 rings (SSSR count). The van der Waals surface area contributed by atoms with Crippen molar-refractivity contribution in [2.24, 2.45) is 0 Å². The third-order valence-electron chi connectivity index (χ3n) is 3.65. The Morgan fingerprint density at radius 3 is 2.64 bits per heavy atom. The summed E-state index contributed by atoms with van der Waals surface area (Å²) in [5.41, 5.74) is 1.24. The number of fused-ring (bicyclic) bond motifs is 1. The zero-order valence-corrected chi connectivity index (χ0v) is 13.0. The quantitative estimate of drug-likeness (QED) is 0.878. The number of aromatic hydroxyl groups is 1. The molecule has 116 valence electrons. The summed E-state index contributed by atoms with van der Waals surface area (Å²) in [4.78, 5) is 18.2. The molecule has 0 saturated carbocycles. The summed E-state index contributed by atoms with van der Waals surface area (Å²) in [6.07, 6.45) is -0.276. The minimum Gasteiger partial charge on any atom is -0.508 e. The van der Waals surface area contributed by atoms with Crippen LogP contribution in [-0.2, 0) is 4.74 Å². The number of amides is 1. The summed E-state index contributed by atoms with van der Waals surface area (Å²) in [5, 5.41) is 10.5. The predicted octanol–water partition coefficient (Wildman–Crippen LogP) is 3.27. The van der Waals surface area contributed by atoms with Crippen LogP contribution in [0.2, 0.25) is 0 Å². The molecule has 1 aliphatic heterocycles. The van der Waals surface area contributed by atoms with Crippen LogP contribution in [0.1, 0.15) is 32.4 Å². The summed E-state index contributed by atoms with van der Waals surface area (Å²) in [6.45, 7) is 6.82. The Hall–Kier alpha value is -2.30. The van der Waals surface area contributed by atoms with Crippen LogP contribution in [0, 0.1) is 0 Å². The van der Waals surface area contributed by atoms with Gasteiger partial charge in [0.25, 0.3) is 0 Å². The molecule has 0 bridgehead atoms. The highest BCUT2D eigenvalue weighted by atomic mass is 16.6. The second-order valence-corrected chi connectivity index (χ2v) is 6.70. The fourth-order valence-electron chi connectivity index (χ4n) is 2.49. The number of nitrogens with zero attached hydrogens (tertiary/aromatic N) is 2. The monoisotopic (exact) mass is 300 g/mol. The summed E-state index contributed by atoms with van der Waals surface area (Å²) in [7, 11) is 0. The molecule has 1 aliphatic rings. The third kappa shape index (κ3) is 2.98. The number of phenolic OH excluding ortho intramolecular Hbond substituents is 1. The molecular formula is C17H20N2O3. The molecule has 1 aromatic carbocycles. The molecule has 1 N–H and O–H groups in total. The number of ether oxygens (including phenoxy) is 1. The second kappa shape index (κ2) is 5.16. The lowest BCUT2D eigenvalue weighted by atomic mass is 9.95. The first-order chi connectivity index (χ1) is 10.3. The van der Waals surface area contributed by atoms with E-state index in [1.165, 1.54) is 0 Å². The average molecular weight is 300 g/mol. The maximum absolute atomic E-state index is 11.9. The van der Waals surface area contributed by atoms with Crippen LogP contribution in [0.4, 0.5) is 4.79 Å². The van der Waals surface area contributed by atoms with E-state index in [-0.39, 0.29) is 17.8 Å². The van der Waals surface area contributed by atoms with Gasteiger partial charge in [0, 0.05) is 36.2 Å². The highest BCUT2D eigenvalue weighted by molar-refractivity contribution is 5.80. The van der Waals surface area contributed by atoms with Gasteiger partial charge in [-0.3, -0.25) is 4.98 Å². The highest BCUT2D eigenvalue weighted by Crippen LogP contribution is 2.29. The van der Waals surface area contributed by atoms with E-state index in [1.807, 2.05) is 39.0 Å². The van der Waals surface area contributed by atoms with Gasteiger partial charge in [-0.1, -0.05) is 6.07 Å². The number of pyridine rings is 1. The van der Waals surface area contributed by atoms with Gasteiger partial charge in [0.2, 0.25) is 0 Å². The maximum atomic E-state index is 11.9. The molecule has 2 heterocycles. The van der Waals surface area contributed by atoms with E-state index in [0.29, 0.717) is 13.1 Å². The number of carbonyl (C=O) groups excluding carboxylic acids is 1. The first-order valence-electron chi connectivity index (χ1n) is 7.39. The number of phenols is 1. The van der Waals surface area contributed by atoms with Crippen molar-refractivity contribution in [3.63, 3.8) is 0 Å².